The summed E-state index contributed by atoms with van der Waals surface area (Å²) in [6.07, 6.45) is 4.59. The number of rotatable bonds is 7. The first-order valence-electron chi connectivity index (χ1n) is 8.72. The lowest BCUT2D eigenvalue weighted by molar-refractivity contribution is -0.119. The average Bonchev–Trinajstić information content (AvgIpc) is 3.23. The fourth-order valence-electron chi connectivity index (χ4n) is 2.98. The summed E-state index contributed by atoms with van der Waals surface area (Å²) in [6.45, 7) is 2.25. The van der Waals surface area contributed by atoms with Crippen LogP contribution in [0.1, 0.15) is 37.1 Å². The van der Waals surface area contributed by atoms with E-state index in [0.717, 1.165) is 24.2 Å². The molecule has 1 saturated carbocycles. The molecule has 0 spiro atoms. The van der Waals surface area contributed by atoms with Crippen LogP contribution in [0.5, 0.6) is 5.75 Å². The molecule has 1 N–H and O–H groups in total. The van der Waals surface area contributed by atoms with E-state index in [0.29, 0.717) is 34.4 Å². The van der Waals surface area contributed by atoms with Crippen LogP contribution in [0.15, 0.2) is 23.4 Å². The third-order valence-corrected chi connectivity index (χ3v) is 5.73. The van der Waals surface area contributed by atoms with Crippen LogP contribution in [-0.2, 0) is 18.4 Å². The van der Waals surface area contributed by atoms with Crippen molar-refractivity contribution in [1.29, 1.82) is 0 Å². The molecular formula is C18H23ClN4O2S. The van der Waals surface area contributed by atoms with E-state index in [4.69, 9.17) is 16.3 Å². The summed E-state index contributed by atoms with van der Waals surface area (Å²) in [6, 6.07) is 5.84. The monoisotopic (exact) mass is 394 g/mol. The minimum Gasteiger partial charge on any atom is -0.485 e. The highest BCUT2D eigenvalue weighted by Gasteiger charge is 2.18. The summed E-state index contributed by atoms with van der Waals surface area (Å²) in [4.78, 5) is 12.0. The van der Waals surface area contributed by atoms with E-state index in [2.05, 4.69) is 15.5 Å². The van der Waals surface area contributed by atoms with Gasteiger partial charge in [0, 0.05) is 18.1 Å². The van der Waals surface area contributed by atoms with Gasteiger partial charge in [-0.25, -0.2) is 0 Å². The molecule has 6 nitrogen and oxygen atoms in total. The topological polar surface area (TPSA) is 69.0 Å². The van der Waals surface area contributed by atoms with Crippen molar-refractivity contribution in [2.75, 3.05) is 5.75 Å². The highest BCUT2D eigenvalue weighted by molar-refractivity contribution is 7.99. The van der Waals surface area contributed by atoms with Crippen LogP contribution in [0.4, 0.5) is 0 Å². The van der Waals surface area contributed by atoms with Crippen molar-refractivity contribution in [3.63, 3.8) is 0 Å². The van der Waals surface area contributed by atoms with Crippen LogP contribution in [0, 0.1) is 6.92 Å². The number of hydrogen-bond acceptors (Lipinski definition) is 5. The SMILES string of the molecule is Cc1cc(Cl)ccc1OCc1nnc(SCC(=O)NC2CCCC2)n1C. The van der Waals surface area contributed by atoms with Gasteiger partial charge in [0.25, 0.3) is 0 Å². The van der Waals surface area contributed by atoms with Crippen molar-refractivity contribution in [3.8, 4) is 5.75 Å². The molecule has 1 aliphatic carbocycles. The third kappa shape index (κ3) is 4.92. The second kappa shape index (κ2) is 8.77. The summed E-state index contributed by atoms with van der Waals surface area (Å²) in [5.74, 6) is 1.87. The molecule has 0 aliphatic heterocycles. The third-order valence-electron chi connectivity index (χ3n) is 4.47. The molecule has 0 atom stereocenters. The van der Waals surface area contributed by atoms with Crippen molar-refractivity contribution in [2.45, 2.75) is 50.4 Å². The van der Waals surface area contributed by atoms with E-state index in [1.165, 1.54) is 24.6 Å². The smallest absolute Gasteiger partial charge is 0.230 e. The van der Waals surface area contributed by atoms with Crippen molar-refractivity contribution < 1.29 is 9.53 Å². The summed E-state index contributed by atoms with van der Waals surface area (Å²) in [5.41, 5.74) is 0.970. The number of thioether (sulfide) groups is 1. The highest BCUT2D eigenvalue weighted by atomic mass is 35.5. The second-order valence-electron chi connectivity index (χ2n) is 6.49. The zero-order valence-corrected chi connectivity index (χ0v) is 16.6. The Morgan fingerprint density at radius 2 is 2.15 bits per heavy atom. The zero-order chi connectivity index (χ0) is 18.5. The fraction of sp³-hybridized carbons (Fsp3) is 0.500. The molecule has 2 aromatic rings. The predicted octanol–water partition coefficient (Wildman–Crippen LogP) is 3.51. The number of nitrogens with zero attached hydrogens (tertiary/aromatic N) is 3. The lowest BCUT2D eigenvalue weighted by Crippen LogP contribution is -2.33. The molecule has 8 heteroatoms. The number of carbonyl (C=O) groups excluding carboxylic acids is 1. The Kier molecular flexibility index (Phi) is 6.43. The molecule has 0 bridgehead atoms. The van der Waals surface area contributed by atoms with Gasteiger partial charge in [0.05, 0.1) is 5.75 Å². The summed E-state index contributed by atoms with van der Waals surface area (Å²) in [7, 11) is 1.88. The van der Waals surface area contributed by atoms with E-state index < -0.39 is 0 Å². The molecule has 26 heavy (non-hydrogen) atoms. The van der Waals surface area contributed by atoms with E-state index in [-0.39, 0.29) is 5.91 Å². The first-order chi connectivity index (χ1) is 12.5. The van der Waals surface area contributed by atoms with E-state index in [1.807, 2.05) is 30.7 Å². The maximum absolute atomic E-state index is 12.0. The molecule has 3 rings (SSSR count). The molecule has 140 valence electrons. The Bertz CT molecular complexity index is 775. The van der Waals surface area contributed by atoms with Gasteiger partial charge in [-0.05, 0) is 43.5 Å². The van der Waals surface area contributed by atoms with Crippen molar-refractivity contribution in [3.05, 3.63) is 34.6 Å². The molecule has 1 aliphatic rings. The lowest BCUT2D eigenvalue weighted by Gasteiger charge is -2.11. The number of carbonyl (C=O) groups is 1. The second-order valence-corrected chi connectivity index (χ2v) is 7.87. The quantitative estimate of drug-likeness (QED) is 0.728. The van der Waals surface area contributed by atoms with Gasteiger partial charge in [-0.2, -0.15) is 0 Å². The Hall–Kier alpha value is -1.73. The van der Waals surface area contributed by atoms with Crippen molar-refractivity contribution in [2.24, 2.45) is 7.05 Å². The van der Waals surface area contributed by atoms with Gasteiger partial charge in [-0.3, -0.25) is 4.79 Å². The Labute approximate surface area is 162 Å². The van der Waals surface area contributed by atoms with Crippen LogP contribution in [0.3, 0.4) is 0 Å². The van der Waals surface area contributed by atoms with Gasteiger partial charge in [0.2, 0.25) is 5.91 Å². The molecule has 1 heterocycles. The van der Waals surface area contributed by atoms with Crippen molar-refractivity contribution in [1.82, 2.24) is 20.1 Å². The molecule has 1 aromatic carbocycles. The first-order valence-corrected chi connectivity index (χ1v) is 10.1. The molecule has 0 unspecified atom stereocenters. The number of benzene rings is 1. The standard InChI is InChI=1S/C18H23ClN4O2S/c1-12-9-13(19)7-8-15(12)25-10-16-21-22-18(23(16)2)26-11-17(24)20-14-5-3-4-6-14/h7-9,14H,3-6,10-11H2,1-2H3,(H,20,24). The van der Waals surface area contributed by atoms with Gasteiger partial charge in [-0.15, -0.1) is 10.2 Å². The van der Waals surface area contributed by atoms with E-state index in [1.54, 1.807) is 6.07 Å². The largest absolute Gasteiger partial charge is 0.485 e. The van der Waals surface area contributed by atoms with Gasteiger partial charge >= 0.3 is 0 Å². The van der Waals surface area contributed by atoms with Gasteiger partial charge in [-0.1, -0.05) is 36.2 Å². The number of aryl methyl sites for hydroxylation is 1. The molecule has 1 amide bonds. The van der Waals surface area contributed by atoms with E-state index in [9.17, 15) is 4.79 Å². The minimum absolute atomic E-state index is 0.0551. The summed E-state index contributed by atoms with van der Waals surface area (Å²) in [5, 5.41) is 12.8. The molecule has 1 fully saturated rings. The number of halogens is 1. The number of ether oxygens (including phenoxy) is 1. The van der Waals surface area contributed by atoms with Crippen LogP contribution in [0.25, 0.3) is 0 Å². The Morgan fingerprint density at radius 3 is 2.88 bits per heavy atom. The number of aromatic nitrogens is 3. The van der Waals surface area contributed by atoms with Crippen LogP contribution in [-0.4, -0.2) is 32.5 Å². The van der Waals surface area contributed by atoms with E-state index >= 15 is 0 Å². The number of amides is 1. The van der Waals surface area contributed by atoms with Gasteiger partial charge in [0.15, 0.2) is 11.0 Å². The number of nitrogens with one attached hydrogen (secondary N) is 1. The maximum Gasteiger partial charge on any atom is 0.230 e. The molecule has 1 aromatic heterocycles. The minimum atomic E-state index is 0.0551. The average molecular weight is 395 g/mol. The van der Waals surface area contributed by atoms with Crippen LogP contribution >= 0.6 is 23.4 Å². The maximum atomic E-state index is 12.0. The lowest BCUT2D eigenvalue weighted by atomic mass is 10.2. The first kappa shape index (κ1) is 19.0. The van der Waals surface area contributed by atoms with Crippen LogP contribution in [0.2, 0.25) is 5.02 Å². The van der Waals surface area contributed by atoms with Gasteiger partial charge < -0.3 is 14.6 Å². The highest BCUT2D eigenvalue weighted by Crippen LogP contribution is 2.23. The predicted molar refractivity (Wildman–Crippen MR) is 103 cm³/mol. The van der Waals surface area contributed by atoms with Crippen molar-refractivity contribution >= 4 is 29.3 Å². The summed E-state index contributed by atoms with van der Waals surface area (Å²) < 4.78 is 7.68. The Morgan fingerprint density at radius 1 is 1.38 bits per heavy atom. The summed E-state index contributed by atoms with van der Waals surface area (Å²) >= 11 is 7.35. The Balaban J connectivity index is 1.51. The molecular weight excluding hydrogens is 372 g/mol. The number of hydrogen-bond donors (Lipinski definition) is 1. The molecule has 0 radical (unpaired) electrons. The fourth-order valence-corrected chi connectivity index (χ4v) is 3.95. The van der Waals surface area contributed by atoms with Gasteiger partial charge in [0.1, 0.15) is 12.4 Å². The normalized spacial score (nSPS) is 14.6. The molecule has 0 saturated heterocycles. The van der Waals surface area contributed by atoms with Crippen LogP contribution < -0.4 is 10.1 Å². The zero-order valence-electron chi connectivity index (χ0n) is 15.0.